The number of aryl methyl sites for hydroxylation is 1. The van der Waals surface area contributed by atoms with Crippen LogP contribution in [0.15, 0.2) is 54.6 Å². The van der Waals surface area contributed by atoms with Gasteiger partial charge in [0.15, 0.2) is 5.82 Å². The minimum absolute atomic E-state index is 0.345. The lowest BCUT2D eigenvalue weighted by atomic mass is 10.2. The summed E-state index contributed by atoms with van der Waals surface area (Å²) in [6.45, 7) is 5.62. The maximum Gasteiger partial charge on any atom is 0.207 e. The lowest BCUT2D eigenvalue weighted by molar-refractivity contribution is 0.732. The van der Waals surface area contributed by atoms with E-state index in [2.05, 4.69) is 59.3 Å². The molecular weight excluding hydrogens is 310 g/mol. The third-order valence-corrected chi connectivity index (χ3v) is 4.17. The van der Waals surface area contributed by atoms with Gasteiger partial charge in [-0.05, 0) is 36.6 Å². The van der Waals surface area contributed by atoms with Gasteiger partial charge in [0.2, 0.25) is 5.69 Å². The number of hydrogen-bond acceptors (Lipinski definition) is 4. The molecule has 3 rings (SSSR count). The summed E-state index contributed by atoms with van der Waals surface area (Å²) in [7, 11) is 0. The summed E-state index contributed by atoms with van der Waals surface area (Å²) >= 11 is 0. The van der Waals surface area contributed by atoms with Crippen molar-refractivity contribution in [1.29, 1.82) is 5.26 Å². The molecule has 0 bridgehead atoms. The van der Waals surface area contributed by atoms with Crippen LogP contribution >= 0.6 is 0 Å². The van der Waals surface area contributed by atoms with E-state index in [1.807, 2.05) is 30.3 Å². The van der Waals surface area contributed by atoms with E-state index in [9.17, 15) is 5.26 Å². The molecule has 0 atom stereocenters. The monoisotopic (exact) mass is 331 g/mol. The molecule has 0 aliphatic heterocycles. The van der Waals surface area contributed by atoms with Crippen molar-refractivity contribution in [1.82, 2.24) is 15.0 Å². The van der Waals surface area contributed by atoms with E-state index in [0.29, 0.717) is 18.1 Å². The molecule has 0 amide bonds. The molecule has 0 aliphatic carbocycles. The lowest BCUT2D eigenvalue weighted by Crippen LogP contribution is -2.23. The zero-order chi connectivity index (χ0) is 17.6. The highest BCUT2D eigenvalue weighted by Crippen LogP contribution is 2.20. The molecule has 5 heteroatoms. The summed E-state index contributed by atoms with van der Waals surface area (Å²) in [6.07, 6.45) is 0.988. The zero-order valence-corrected chi connectivity index (χ0v) is 14.6. The van der Waals surface area contributed by atoms with Crippen LogP contribution in [0.4, 0.5) is 5.82 Å². The quantitative estimate of drug-likeness (QED) is 0.690. The Balaban J connectivity index is 1.92. The lowest BCUT2D eigenvalue weighted by Gasteiger charge is -2.20. The standard InChI is InChI=1S/C20H21N5/c1-3-16-10-12-18(13-11-16)25-22-19(14-21)20(23-25)24(4-2)15-17-8-6-5-7-9-17/h5-13H,3-4,15H2,1-2H3. The first-order chi connectivity index (χ1) is 12.2. The molecule has 5 nitrogen and oxygen atoms in total. The molecular formula is C20H21N5. The molecule has 0 N–H and O–H groups in total. The van der Waals surface area contributed by atoms with Crippen molar-refractivity contribution in [2.75, 3.05) is 11.4 Å². The summed E-state index contributed by atoms with van der Waals surface area (Å²) in [5, 5.41) is 18.4. The molecule has 0 spiro atoms. The third kappa shape index (κ3) is 3.69. The highest BCUT2D eigenvalue weighted by atomic mass is 15.5. The minimum Gasteiger partial charge on any atom is -0.349 e. The van der Waals surface area contributed by atoms with E-state index >= 15 is 0 Å². The molecule has 0 saturated carbocycles. The Hall–Kier alpha value is -3.13. The van der Waals surface area contributed by atoms with Crippen LogP contribution in [0.2, 0.25) is 0 Å². The molecule has 3 aromatic rings. The molecule has 0 fully saturated rings. The number of nitriles is 1. The van der Waals surface area contributed by atoms with Crippen LogP contribution in [0.5, 0.6) is 0 Å². The van der Waals surface area contributed by atoms with Gasteiger partial charge in [0, 0.05) is 13.1 Å². The SMILES string of the molecule is CCc1ccc(-n2nc(C#N)c(N(CC)Cc3ccccc3)n2)cc1. The van der Waals surface area contributed by atoms with Gasteiger partial charge in [-0.15, -0.1) is 15.0 Å². The predicted molar refractivity (Wildman–Crippen MR) is 98.6 cm³/mol. The Morgan fingerprint density at radius 2 is 1.68 bits per heavy atom. The Kier molecular flexibility index (Phi) is 5.10. The Labute approximate surface area is 148 Å². The number of hydrogen-bond donors (Lipinski definition) is 0. The number of aromatic nitrogens is 3. The van der Waals surface area contributed by atoms with Crippen molar-refractivity contribution in [2.24, 2.45) is 0 Å². The maximum atomic E-state index is 9.48. The molecule has 0 radical (unpaired) electrons. The second-order valence-corrected chi connectivity index (χ2v) is 5.79. The van der Waals surface area contributed by atoms with E-state index in [0.717, 1.165) is 18.7 Å². The fraction of sp³-hybridized carbons (Fsp3) is 0.250. The summed E-state index contributed by atoms with van der Waals surface area (Å²) in [4.78, 5) is 3.61. The van der Waals surface area contributed by atoms with Crippen molar-refractivity contribution in [3.8, 4) is 11.8 Å². The largest absolute Gasteiger partial charge is 0.349 e. The van der Waals surface area contributed by atoms with Gasteiger partial charge < -0.3 is 4.90 Å². The number of nitrogens with zero attached hydrogens (tertiary/aromatic N) is 5. The Morgan fingerprint density at radius 1 is 0.960 bits per heavy atom. The van der Waals surface area contributed by atoms with E-state index in [-0.39, 0.29) is 0 Å². The highest BCUT2D eigenvalue weighted by molar-refractivity contribution is 5.50. The molecule has 0 aliphatic rings. The van der Waals surface area contributed by atoms with Gasteiger partial charge in [-0.3, -0.25) is 0 Å². The summed E-state index contributed by atoms with van der Waals surface area (Å²) in [5.74, 6) is 0.619. The molecule has 1 aromatic heterocycles. The van der Waals surface area contributed by atoms with Gasteiger partial charge in [-0.2, -0.15) is 5.26 Å². The fourth-order valence-corrected chi connectivity index (χ4v) is 2.70. The maximum absolute atomic E-state index is 9.48. The predicted octanol–water partition coefficient (Wildman–Crippen LogP) is 3.73. The van der Waals surface area contributed by atoms with Crippen LogP contribution in [0, 0.1) is 11.3 Å². The van der Waals surface area contributed by atoms with E-state index in [4.69, 9.17) is 0 Å². The van der Waals surface area contributed by atoms with Gasteiger partial charge in [0.25, 0.3) is 0 Å². The molecule has 1 heterocycles. The van der Waals surface area contributed by atoms with E-state index in [1.54, 1.807) is 4.80 Å². The van der Waals surface area contributed by atoms with Crippen molar-refractivity contribution >= 4 is 5.82 Å². The smallest absolute Gasteiger partial charge is 0.207 e. The first kappa shape index (κ1) is 16.7. The second kappa shape index (κ2) is 7.63. The fourth-order valence-electron chi connectivity index (χ4n) is 2.70. The Morgan fingerprint density at radius 3 is 2.28 bits per heavy atom. The van der Waals surface area contributed by atoms with Crippen molar-refractivity contribution < 1.29 is 0 Å². The average Bonchev–Trinajstić information content (AvgIpc) is 3.11. The van der Waals surface area contributed by atoms with Crippen LogP contribution in [0.3, 0.4) is 0 Å². The molecule has 25 heavy (non-hydrogen) atoms. The normalized spacial score (nSPS) is 10.4. The number of anilines is 1. The number of benzene rings is 2. The summed E-state index contributed by atoms with van der Waals surface area (Å²) in [5.41, 5.74) is 3.64. The first-order valence-electron chi connectivity index (χ1n) is 8.50. The molecule has 0 unspecified atom stereocenters. The van der Waals surface area contributed by atoms with E-state index < -0.39 is 0 Å². The van der Waals surface area contributed by atoms with Gasteiger partial charge in [0.05, 0.1) is 5.69 Å². The van der Waals surface area contributed by atoms with Gasteiger partial charge in [-0.25, -0.2) is 0 Å². The third-order valence-electron chi connectivity index (χ3n) is 4.17. The topological polar surface area (TPSA) is 57.7 Å². The van der Waals surface area contributed by atoms with Crippen LogP contribution < -0.4 is 4.90 Å². The average molecular weight is 331 g/mol. The summed E-state index contributed by atoms with van der Waals surface area (Å²) in [6, 6.07) is 20.4. The number of rotatable bonds is 6. The van der Waals surface area contributed by atoms with E-state index in [1.165, 1.54) is 11.1 Å². The molecule has 0 saturated heterocycles. The van der Waals surface area contributed by atoms with Gasteiger partial charge in [0.1, 0.15) is 6.07 Å². The van der Waals surface area contributed by atoms with Gasteiger partial charge in [-0.1, -0.05) is 49.4 Å². The zero-order valence-electron chi connectivity index (χ0n) is 14.6. The Bertz CT molecular complexity index is 859. The second-order valence-electron chi connectivity index (χ2n) is 5.79. The van der Waals surface area contributed by atoms with Crippen molar-refractivity contribution in [3.63, 3.8) is 0 Å². The van der Waals surface area contributed by atoms with Crippen LogP contribution in [0.1, 0.15) is 30.7 Å². The highest BCUT2D eigenvalue weighted by Gasteiger charge is 2.18. The van der Waals surface area contributed by atoms with Crippen molar-refractivity contribution in [3.05, 3.63) is 71.4 Å². The molecule has 2 aromatic carbocycles. The van der Waals surface area contributed by atoms with Crippen LogP contribution in [-0.2, 0) is 13.0 Å². The molecule has 126 valence electrons. The minimum atomic E-state index is 0.345. The van der Waals surface area contributed by atoms with Crippen LogP contribution in [-0.4, -0.2) is 21.5 Å². The summed E-state index contributed by atoms with van der Waals surface area (Å²) < 4.78 is 0. The first-order valence-corrected chi connectivity index (χ1v) is 8.50. The van der Waals surface area contributed by atoms with Crippen LogP contribution in [0.25, 0.3) is 5.69 Å². The van der Waals surface area contributed by atoms with Gasteiger partial charge >= 0.3 is 0 Å². The van der Waals surface area contributed by atoms with Crippen molar-refractivity contribution in [2.45, 2.75) is 26.8 Å².